The van der Waals surface area contributed by atoms with E-state index >= 15 is 0 Å². The lowest BCUT2D eigenvalue weighted by Crippen LogP contribution is -2.22. The third kappa shape index (κ3) is 13.6. The summed E-state index contributed by atoms with van der Waals surface area (Å²) in [5.74, 6) is 0. The van der Waals surface area contributed by atoms with Crippen molar-refractivity contribution in [2.24, 2.45) is 0 Å². The Hall–Kier alpha value is -0.380. The SMILES string of the molecule is C/C=C/COCCOCCOC(C)(C)C. The third-order valence-electron chi connectivity index (χ3n) is 1.58. The van der Waals surface area contributed by atoms with Crippen molar-refractivity contribution in [2.75, 3.05) is 33.0 Å². The fraction of sp³-hybridized carbons (Fsp3) is 0.833. The molecule has 0 fully saturated rings. The minimum absolute atomic E-state index is 0.0776. The quantitative estimate of drug-likeness (QED) is 0.460. The molecular formula is C12H24O3. The van der Waals surface area contributed by atoms with Gasteiger partial charge in [0.25, 0.3) is 0 Å². The molecule has 0 unspecified atom stereocenters. The second-order valence-corrected chi connectivity index (χ2v) is 4.22. The van der Waals surface area contributed by atoms with Crippen LogP contribution >= 0.6 is 0 Å². The Morgan fingerprint density at radius 3 is 2.13 bits per heavy atom. The van der Waals surface area contributed by atoms with Crippen molar-refractivity contribution in [3.63, 3.8) is 0 Å². The van der Waals surface area contributed by atoms with Gasteiger partial charge in [0.05, 0.1) is 38.6 Å². The van der Waals surface area contributed by atoms with Gasteiger partial charge in [-0.1, -0.05) is 12.2 Å². The topological polar surface area (TPSA) is 27.7 Å². The summed E-state index contributed by atoms with van der Waals surface area (Å²) in [6.45, 7) is 11.3. The van der Waals surface area contributed by atoms with E-state index < -0.39 is 0 Å². The molecule has 0 aromatic heterocycles. The zero-order valence-corrected chi connectivity index (χ0v) is 10.4. The molecule has 0 aromatic carbocycles. The molecule has 0 spiro atoms. The van der Waals surface area contributed by atoms with Crippen LogP contribution in [0.1, 0.15) is 27.7 Å². The molecule has 0 heterocycles. The first-order valence-electron chi connectivity index (χ1n) is 5.47. The first-order valence-corrected chi connectivity index (χ1v) is 5.47. The van der Waals surface area contributed by atoms with Crippen molar-refractivity contribution >= 4 is 0 Å². The predicted octanol–water partition coefficient (Wildman–Crippen LogP) is 2.41. The lowest BCUT2D eigenvalue weighted by atomic mass is 10.2. The van der Waals surface area contributed by atoms with E-state index in [4.69, 9.17) is 14.2 Å². The van der Waals surface area contributed by atoms with Gasteiger partial charge in [0.15, 0.2) is 0 Å². The first kappa shape index (κ1) is 14.6. The van der Waals surface area contributed by atoms with Crippen molar-refractivity contribution < 1.29 is 14.2 Å². The molecule has 3 heteroatoms. The van der Waals surface area contributed by atoms with Crippen LogP contribution in [-0.4, -0.2) is 38.6 Å². The Morgan fingerprint density at radius 1 is 0.933 bits per heavy atom. The van der Waals surface area contributed by atoms with Gasteiger partial charge in [0, 0.05) is 0 Å². The van der Waals surface area contributed by atoms with E-state index in [1.165, 1.54) is 0 Å². The highest BCUT2D eigenvalue weighted by Crippen LogP contribution is 2.05. The summed E-state index contributed by atoms with van der Waals surface area (Å²) in [6.07, 6.45) is 3.95. The van der Waals surface area contributed by atoms with Crippen LogP contribution in [0.5, 0.6) is 0 Å². The second kappa shape index (κ2) is 8.89. The maximum atomic E-state index is 5.50. The molecule has 0 aromatic rings. The fourth-order valence-electron chi connectivity index (χ4n) is 0.874. The number of rotatable bonds is 8. The summed E-state index contributed by atoms with van der Waals surface area (Å²) >= 11 is 0. The minimum Gasteiger partial charge on any atom is -0.377 e. The normalized spacial score (nSPS) is 12.5. The summed E-state index contributed by atoms with van der Waals surface area (Å²) in [5, 5.41) is 0. The van der Waals surface area contributed by atoms with Crippen LogP contribution in [-0.2, 0) is 14.2 Å². The standard InChI is InChI=1S/C12H24O3/c1-5-6-7-13-8-9-14-10-11-15-12(2,3)4/h5-6H,7-11H2,1-4H3/b6-5+. The van der Waals surface area contributed by atoms with Crippen LogP contribution in [0.3, 0.4) is 0 Å². The van der Waals surface area contributed by atoms with Crippen molar-refractivity contribution in [1.29, 1.82) is 0 Å². The van der Waals surface area contributed by atoms with Crippen LogP contribution in [0.2, 0.25) is 0 Å². The monoisotopic (exact) mass is 216 g/mol. The molecular weight excluding hydrogens is 192 g/mol. The molecule has 3 nitrogen and oxygen atoms in total. The summed E-state index contributed by atoms with van der Waals surface area (Å²) in [7, 11) is 0. The lowest BCUT2D eigenvalue weighted by molar-refractivity contribution is -0.0414. The molecule has 15 heavy (non-hydrogen) atoms. The first-order chi connectivity index (χ1) is 7.06. The van der Waals surface area contributed by atoms with Gasteiger partial charge in [0.1, 0.15) is 0 Å². The maximum absolute atomic E-state index is 5.50. The fourth-order valence-corrected chi connectivity index (χ4v) is 0.874. The number of ether oxygens (including phenoxy) is 3. The highest BCUT2D eigenvalue weighted by atomic mass is 16.5. The molecule has 0 atom stereocenters. The van der Waals surface area contributed by atoms with Gasteiger partial charge in [0.2, 0.25) is 0 Å². The summed E-state index contributed by atoms with van der Waals surface area (Å²) in [5.41, 5.74) is -0.0776. The van der Waals surface area contributed by atoms with E-state index in [1.807, 2.05) is 39.8 Å². The molecule has 0 aliphatic rings. The second-order valence-electron chi connectivity index (χ2n) is 4.22. The zero-order chi connectivity index (χ0) is 11.6. The van der Waals surface area contributed by atoms with Gasteiger partial charge in [-0.25, -0.2) is 0 Å². The van der Waals surface area contributed by atoms with Gasteiger partial charge in [-0.2, -0.15) is 0 Å². The van der Waals surface area contributed by atoms with Gasteiger partial charge in [-0.3, -0.25) is 0 Å². The van der Waals surface area contributed by atoms with Gasteiger partial charge in [-0.15, -0.1) is 0 Å². The summed E-state index contributed by atoms with van der Waals surface area (Å²) < 4.78 is 16.1. The van der Waals surface area contributed by atoms with Gasteiger partial charge in [-0.05, 0) is 27.7 Å². The highest BCUT2D eigenvalue weighted by Gasteiger charge is 2.08. The van der Waals surface area contributed by atoms with Crippen molar-refractivity contribution in [2.45, 2.75) is 33.3 Å². The van der Waals surface area contributed by atoms with E-state index in [2.05, 4.69) is 0 Å². The van der Waals surface area contributed by atoms with Crippen LogP contribution in [0.4, 0.5) is 0 Å². The van der Waals surface area contributed by atoms with Crippen LogP contribution < -0.4 is 0 Å². The summed E-state index contributed by atoms with van der Waals surface area (Å²) in [6, 6.07) is 0. The Labute approximate surface area is 93.4 Å². The molecule has 0 amide bonds. The van der Waals surface area contributed by atoms with E-state index in [1.54, 1.807) is 0 Å². The van der Waals surface area contributed by atoms with E-state index in [0.717, 1.165) is 0 Å². The molecule has 0 rings (SSSR count). The Balaban J connectivity index is 3.05. The molecule has 0 N–H and O–H groups in total. The highest BCUT2D eigenvalue weighted by molar-refractivity contribution is 4.75. The zero-order valence-electron chi connectivity index (χ0n) is 10.4. The Kier molecular flexibility index (Phi) is 8.67. The van der Waals surface area contributed by atoms with Crippen LogP contribution in [0.25, 0.3) is 0 Å². The molecule has 0 aliphatic heterocycles. The Morgan fingerprint density at radius 2 is 1.53 bits per heavy atom. The number of allylic oxidation sites excluding steroid dienone is 1. The lowest BCUT2D eigenvalue weighted by Gasteiger charge is -2.19. The molecule has 0 saturated heterocycles. The summed E-state index contributed by atoms with van der Waals surface area (Å²) in [4.78, 5) is 0. The smallest absolute Gasteiger partial charge is 0.0707 e. The maximum Gasteiger partial charge on any atom is 0.0707 e. The molecule has 0 bridgehead atoms. The van der Waals surface area contributed by atoms with Crippen LogP contribution in [0, 0.1) is 0 Å². The number of hydrogen-bond donors (Lipinski definition) is 0. The predicted molar refractivity (Wildman–Crippen MR) is 62.2 cm³/mol. The largest absolute Gasteiger partial charge is 0.377 e. The average molecular weight is 216 g/mol. The van der Waals surface area contributed by atoms with E-state index in [0.29, 0.717) is 33.0 Å². The minimum atomic E-state index is -0.0776. The van der Waals surface area contributed by atoms with Crippen molar-refractivity contribution in [3.05, 3.63) is 12.2 Å². The molecule has 0 saturated carbocycles. The van der Waals surface area contributed by atoms with E-state index in [-0.39, 0.29) is 5.60 Å². The number of hydrogen-bond acceptors (Lipinski definition) is 3. The van der Waals surface area contributed by atoms with Crippen molar-refractivity contribution in [3.8, 4) is 0 Å². The van der Waals surface area contributed by atoms with Crippen LogP contribution in [0.15, 0.2) is 12.2 Å². The van der Waals surface area contributed by atoms with Gasteiger partial charge >= 0.3 is 0 Å². The van der Waals surface area contributed by atoms with Gasteiger partial charge < -0.3 is 14.2 Å². The van der Waals surface area contributed by atoms with E-state index in [9.17, 15) is 0 Å². The molecule has 0 aliphatic carbocycles. The Bertz CT molecular complexity index is 159. The molecule has 90 valence electrons. The average Bonchev–Trinajstić information content (AvgIpc) is 2.14. The molecule has 0 radical (unpaired) electrons. The third-order valence-corrected chi connectivity index (χ3v) is 1.58. The van der Waals surface area contributed by atoms with Crippen molar-refractivity contribution in [1.82, 2.24) is 0 Å².